The molecule has 0 radical (unpaired) electrons. The lowest BCUT2D eigenvalue weighted by molar-refractivity contribution is 0.0952. The van der Waals surface area contributed by atoms with Gasteiger partial charge in [-0.25, -0.2) is 5.43 Å². The molecule has 0 fully saturated rings. The van der Waals surface area contributed by atoms with Crippen molar-refractivity contribution in [1.29, 1.82) is 0 Å². The summed E-state index contributed by atoms with van der Waals surface area (Å²) in [5.41, 5.74) is 6.33. The first-order valence-corrected chi connectivity index (χ1v) is 8.87. The Balaban J connectivity index is 1.72. The van der Waals surface area contributed by atoms with E-state index in [9.17, 15) is 15.0 Å². The molecule has 3 aromatic carbocycles. The third-order valence-corrected chi connectivity index (χ3v) is 4.30. The molecule has 0 aromatic heterocycles. The molecule has 0 aliphatic rings. The van der Waals surface area contributed by atoms with Crippen LogP contribution in [-0.4, -0.2) is 22.3 Å². The summed E-state index contributed by atoms with van der Waals surface area (Å²) in [5, 5.41) is 31.9. The number of para-hydroxylation sites is 1. The van der Waals surface area contributed by atoms with E-state index < -0.39 is 5.91 Å². The summed E-state index contributed by atoms with van der Waals surface area (Å²) >= 11 is 0. The van der Waals surface area contributed by atoms with Crippen LogP contribution in [0, 0.1) is 13.8 Å². The molecule has 3 rings (SSSR count). The van der Waals surface area contributed by atoms with Gasteiger partial charge in [0.1, 0.15) is 11.5 Å². The zero-order valence-corrected chi connectivity index (χ0v) is 16.0. The molecular weight excluding hydrogens is 368 g/mol. The molecule has 0 aliphatic heterocycles. The first-order chi connectivity index (χ1) is 13.9. The molecule has 7 heteroatoms. The molecule has 29 heavy (non-hydrogen) atoms. The van der Waals surface area contributed by atoms with E-state index in [0.29, 0.717) is 11.3 Å². The maximum Gasteiger partial charge on any atom is 0.275 e. The van der Waals surface area contributed by atoms with Gasteiger partial charge in [-0.15, -0.1) is 0 Å². The van der Waals surface area contributed by atoms with Gasteiger partial charge in [-0.2, -0.15) is 15.3 Å². The number of hydrogen-bond acceptors (Lipinski definition) is 6. The van der Waals surface area contributed by atoms with E-state index in [-0.39, 0.29) is 17.1 Å². The third-order valence-electron chi connectivity index (χ3n) is 4.30. The Morgan fingerprint density at radius 2 is 1.55 bits per heavy atom. The van der Waals surface area contributed by atoms with Crippen LogP contribution in [0.3, 0.4) is 0 Å². The van der Waals surface area contributed by atoms with Crippen LogP contribution >= 0.6 is 0 Å². The highest BCUT2D eigenvalue weighted by Gasteiger charge is 2.09. The van der Waals surface area contributed by atoms with Gasteiger partial charge in [-0.1, -0.05) is 18.2 Å². The highest BCUT2D eigenvalue weighted by Crippen LogP contribution is 2.25. The number of rotatable bonds is 5. The molecule has 0 saturated carbocycles. The Kier molecular flexibility index (Phi) is 5.99. The van der Waals surface area contributed by atoms with Gasteiger partial charge in [0, 0.05) is 5.56 Å². The smallest absolute Gasteiger partial charge is 0.275 e. The van der Waals surface area contributed by atoms with Crippen molar-refractivity contribution in [2.24, 2.45) is 15.3 Å². The maximum absolute atomic E-state index is 12.0. The predicted octanol–water partition coefficient (Wildman–Crippen LogP) is 4.89. The summed E-state index contributed by atoms with van der Waals surface area (Å²) in [6, 6.07) is 16.6. The average molecular weight is 388 g/mol. The van der Waals surface area contributed by atoms with Crippen molar-refractivity contribution in [3.63, 3.8) is 0 Å². The lowest BCUT2D eigenvalue weighted by Gasteiger charge is -2.03. The minimum Gasteiger partial charge on any atom is -0.507 e. The monoisotopic (exact) mass is 388 g/mol. The number of azo groups is 1. The fourth-order valence-corrected chi connectivity index (χ4v) is 2.50. The fourth-order valence-electron chi connectivity index (χ4n) is 2.50. The van der Waals surface area contributed by atoms with Crippen molar-refractivity contribution in [1.82, 2.24) is 5.43 Å². The summed E-state index contributed by atoms with van der Waals surface area (Å²) in [6.07, 6.45) is 1.29. The van der Waals surface area contributed by atoms with Gasteiger partial charge in [-0.05, 0) is 67.4 Å². The number of carbonyl (C=O) groups is 1. The van der Waals surface area contributed by atoms with E-state index in [4.69, 9.17) is 0 Å². The summed E-state index contributed by atoms with van der Waals surface area (Å²) in [7, 11) is 0. The highest BCUT2D eigenvalue weighted by atomic mass is 16.3. The molecular formula is C22H20N4O3. The molecule has 146 valence electrons. The number of aryl methyl sites for hydroxylation is 2. The van der Waals surface area contributed by atoms with Crippen molar-refractivity contribution in [2.75, 3.05) is 0 Å². The topological polar surface area (TPSA) is 107 Å². The van der Waals surface area contributed by atoms with E-state index in [1.54, 1.807) is 24.3 Å². The SMILES string of the molecule is Cc1ccc(N=Nc2ccc(O)c(C=NNC(=O)c3ccccc3O)c2)cc1C. The van der Waals surface area contributed by atoms with E-state index in [0.717, 1.165) is 11.3 Å². The molecule has 3 N–H and O–H groups in total. The van der Waals surface area contributed by atoms with Crippen LogP contribution in [0.25, 0.3) is 0 Å². The molecule has 0 heterocycles. The second-order valence-corrected chi connectivity index (χ2v) is 6.43. The van der Waals surface area contributed by atoms with Gasteiger partial charge >= 0.3 is 0 Å². The van der Waals surface area contributed by atoms with Gasteiger partial charge in [0.2, 0.25) is 0 Å². The summed E-state index contributed by atoms with van der Waals surface area (Å²) in [4.78, 5) is 12.0. The van der Waals surface area contributed by atoms with Crippen molar-refractivity contribution in [2.45, 2.75) is 13.8 Å². The zero-order valence-electron chi connectivity index (χ0n) is 16.0. The van der Waals surface area contributed by atoms with Crippen LogP contribution in [0.2, 0.25) is 0 Å². The molecule has 3 aromatic rings. The second-order valence-electron chi connectivity index (χ2n) is 6.43. The average Bonchev–Trinajstić information content (AvgIpc) is 2.71. The van der Waals surface area contributed by atoms with Crippen LogP contribution in [-0.2, 0) is 0 Å². The first-order valence-electron chi connectivity index (χ1n) is 8.87. The number of hydrogen-bond donors (Lipinski definition) is 3. The van der Waals surface area contributed by atoms with Gasteiger partial charge in [0.25, 0.3) is 5.91 Å². The minimum atomic E-state index is -0.565. The minimum absolute atomic E-state index is 0.0179. The van der Waals surface area contributed by atoms with Gasteiger partial charge in [0.15, 0.2) is 0 Å². The first kappa shape index (κ1) is 19.8. The van der Waals surface area contributed by atoms with Gasteiger partial charge < -0.3 is 10.2 Å². The van der Waals surface area contributed by atoms with E-state index in [1.165, 1.54) is 30.0 Å². The Morgan fingerprint density at radius 3 is 2.28 bits per heavy atom. The number of phenolic OH excluding ortho intramolecular Hbond substituents is 2. The van der Waals surface area contributed by atoms with Crippen LogP contribution in [0.1, 0.15) is 27.0 Å². The number of aromatic hydroxyl groups is 2. The maximum atomic E-state index is 12.0. The molecule has 0 aliphatic carbocycles. The zero-order chi connectivity index (χ0) is 20.8. The quantitative estimate of drug-likeness (QED) is 0.329. The number of phenols is 2. The highest BCUT2D eigenvalue weighted by molar-refractivity contribution is 5.97. The summed E-state index contributed by atoms with van der Waals surface area (Å²) in [5.74, 6) is -0.725. The van der Waals surface area contributed by atoms with Crippen LogP contribution < -0.4 is 5.43 Å². The van der Waals surface area contributed by atoms with Crippen molar-refractivity contribution >= 4 is 23.5 Å². The van der Waals surface area contributed by atoms with Gasteiger partial charge in [-0.3, -0.25) is 4.79 Å². The number of benzene rings is 3. The largest absolute Gasteiger partial charge is 0.507 e. The number of nitrogens with zero attached hydrogens (tertiary/aromatic N) is 3. The van der Waals surface area contributed by atoms with Crippen LogP contribution in [0.15, 0.2) is 76.0 Å². The number of hydrazone groups is 1. The van der Waals surface area contributed by atoms with E-state index in [1.807, 2.05) is 32.0 Å². The van der Waals surface area contributed by atoms with E-state index in [2.05, 4.69) is 20.8 Å². The number of carbonyl (C=O) groups excluding carboxylic acids is 1. The second kappa shape index (κ2) is 8.79. The Morgan fingerprint density at radius 1 is 0.862 bits per heavy atom. The number of amides is 1. The molecule has 0 bridgehead atoms. The number of nitrogens with one attached hydrogen (secondary N) is 1. The van der Waals surface area contributed by atoms with Crippen molar-refractivity contribution in [3.8, 4) is 11.5 Å². The van der Waals surface area contributed by atoms with Crippen LogP contribution in [0.4, 0.5) is 11.4 Å². The van der Waals surface area contributed by atoms with E-state index >= 15 is 0 Å². The lowest BCUT2D eigenvalue weighted by atomic mass is 10.1. The molecule has 0 atom stereocenters. The standard InChI is InChI=1S/C22H20N4O3/c1-14-7-8-17(11-15(14)2)24-25-18-9-10-20(27)16(12-18)13-23-26-22(29)19-5-3-4-6-21(19)28/h3-13,27-28H,1-2H3,(H,26,29). The summed E-state index contributed by atoms with van der Waals surface area (Å²) in [6.45, 7) is 4.03. The molecule has 7 nitrogen and oxygen atoms in total. The molecule has 1 amide bonds. The Bertz CT molecular complexity index is 1110. The van der Waals surface area contributed by atoms with Gasteiger partial charge in [0.05, 0.1) is 23.2 Å². The predicted molar refractivity (Wildman–Crippen MR) is 111 cm³/mol. The Hall–Kier alpha value is -4.00. The normalized spacial score (nSPS) is 11.2. The molecule has 0 spiro atoms. The van der Waals surface area contributed by atoms with Crippen molar-refractivity contribution in [3.05, 3.63) is 82.9 Å². The third kappa shape index (κ3) is 5.04. The van der Waals surface area contributed by atoms with Crippen LogP contribution in [0.5, 0.6) is 11.5 Å². The fraction of sp³-hybridized carbons (Fsp3) is 0.0909. The molecule has 0 saturated heterocycles. The van der Waals surface area contributed by atoms with Crippen molar-refractivity contribution < 1.29 is 15.0 Å². The summed E-state index contributed by atoms with van der Waals surface area (Å²) < 4.78 is 0. The Labute approximate surface area is 168 Å². The molecule has 0 unspecified atom stereocenters. The lowest BCUT2D eigenvalue weighted by Crippen LogP contribution is -2.17.